The zero-order chi connectivity index (χ0) is 23.6. The number of hydrogen-bond donors (Lipinski definition) is 1. The summed E-state index contributed by atoms with van der Waals surface area (Å²) < 4.78 is 16.8. The number of aromatic nitrogens is 2. The minimum atomic E-state index is -0.552. The Morgan fingerprint density at radius 2 is 1.88 bits per heavy atom. The molecular weight excluding hydrogens is 440 g/mol. The number of amides is 1. The predicted octanol–water partition coefficient (Wildman–Crippen LogP) is 4.42. The lowest BCUT2D eigenvalue weighted by Gasteiger charge is -2.12. The summed E-state index contributed by atoms with van der Waals surface area (Å²) in [7, 11) is 1.52. The number of rotatable bonds is 10. The molecular formula is C24H24N4O4S. The highest BCUT2D eigenvalue weighted by Crippen LogP contribution is 2.29. The van der Waals surface area contributed by atoms with Crippen LogP contribution in [0.25, 0.3) is 6.08 Å². The summed E-state index contributed by atoms with van der Waals surface area (Å²) in [6.45, 7) is 4.67. The first-order valence-electron chi connectivity index (χ1n) is 10.3. The van der Waals surface area contributed by atoms with Crippen molar-refractivity contribution in [2.75, 3.05) is 25.6 Å². The summed E-state index contributed by atoms with van der Waals surface area (Å²) in [5.74, 6) is 1.24. The Morgan fingerprint density at radius 1 is 1.12 bits per heavy atom. The highest BCUT2D eigenvalue weighted by atomic mass is 32.1. The quantitative estimate of drug-likeness (QED) is 0.269. The number of aryl methyl sites for hydroxylation is 2. The van der Waals surface area contributed by atoms with Crippen molar-refractivity contribution in [2.45, 2.75) is 20.3 Å². The van der Waals surface area contributed by atoms with Gasteiger partial charge in [0, 0.05) is 0 Å². The van der Waals surface area contributed by atoms with E-state index in [0.717, 1.165) is 17.2 Å². The number of benzene rings is 2. The molecule has 0 saturated carbocycles. The van der Waals surface area contributed by atoms with E-state index >= 15 is 0 Å². The zero-order valence-corrected chi connectivity index (χ0v) is 19.4. The van der Waals surface area contributed by atoms with Crippen LogP contribution in [0.2, 0.25) is 0 Å². The van der Waals surface area contributed by atoms with Gasteiger partial charge in [0.25, 0.3) is 5.91 Å². The Morgan fingerprint density at radius 3 is 2.55 bits per heavy atom. The lowest BCUT2D eigenvalue weighted by atomic mass is 10.1. The Hall–Kier alpha value is -3.90. The maximum Gasteiger partial charge on any atom is 0.268 e. The van der Waals surface area contributed by atoms with Gasteiger partial charge >= 0.3 is 0 Å². The number of nitrogens with one attached hydrogen (secondary N) is 1. The number of carbonyl (C=O) groups is 1. The minimum Gasteiger partial charge on any atom is -0.493 e. The van der Waals surface area contributed by atoms with Crippen molar-refractivity contribution in [2.24, 2.45) is 0 Å². The normalized spacial score (nSPS) is 10.9. The third-order valence-electron chi connectivity index (χ3n) is 4.48. The third-order valence-corrected chi connectivity index (χ3v) is 5.47. The van der Waals surface area contributed by atoms with Gasteiger partial charge in [0.05, 0.1) is 7.11 Å². The second-order valence-electron chi connectivity index (χ2n) is 6.90. The molecule has 0 aliphatic carbocycles. The van der Waals surface area contributed by atoms with E-state index in [0.29, 0.717) is 35.4 Å². The fourth-order valence-corrected chi connectivity index (χ4v) is 3.44. The summed E-state index contributed by atoms with van der Waals surface area (Å²) in [5.41, 5.74) is 1.72. The highest BCUT2D eigenvalue weighted by Gasteiger charge is 2.13. The van der Waals surface area contributed by atoms with E-state index in [2.05, 4.69) is 15.5 Å². The third kappa shape index (κ3) is 6.79. The Kier molecular flexibility index (Phi) is 8.38. The molecule has 0 fully saturated rings. The van der Waals surface area contributed by atoms with E-state index in [4.69, 9.17) is 14.2 Å². The van der Waals surface area contributed by atoms with Crippen LogP contribution in [0.1, 0.15) is 23.1 Å². The molecule has 2 aromatic carbocycles. The molecule has 1 amide bonds. The van der Waals surface area contributed by atoms with Crippen molar-refractivity contribution in [1.29, 1.82) is 5.26 Å². The molecule has 0 atom stereocenters. The number of nitrogens with zero attached hydrogens (tertiary/aromatic N) is 3. The van der Waals surface area contributed by atoms with Crippen molar-refractivity contribution < 1.29 is 19.0 Å². The lowest BCUT2D eigenvalue weighted by Crippen LogP contribution is -2.13. The highest BCUT2D eigenvalue weighted by molar-refractivity contribution is 7.15. The fourth-order valence-electron chi connectivity index (χ4n) is 2.77. The lowest BCUT2D eigenvalue weighted by molar-refractivity contribution is -0.112. The van der Waals surface area contributed by atoms with Crippen LogP contribution in [-0.2, 0) is 11.2 Å². The van der Waals surface area contributed by atoms with Gasteiger partial charge in [-0.15, -0.1) is 10.2 Å². The zero-order valence-electron chi connectivity index (χ0n) is 18.6. The largest absolute Gasteiger partial charge is 0.493 e. The summed E-state index contributed by atoms with van der Waals surface area (Å²) in [6, 6.07) is 14.9. The second-order valence-corrected chi connectivity index (χ2v) is 7.96. The maximum atomic E-state index is 12.4. The van der Waals surface area contributed by atoms with Gasteiger partial charge in [0.2, 0.25) is 5.13 Å². The summed E-state index contributed by atoms with van der Waals surface area (Å²) in [5, 5.41) is 21.1. The minimum absolute atomic E-state index is 0.0644. The summed E-state index contributed by atoms with van der Waals surface area (Å²) in [4.78, 5) is 12.4. The van der Waals surface area contributed by atoms with Gasteiger partial charge in [-0.1, -0.05) is 42.0 Å². The van der Waals surface area contributed by atoms with Crippen LogP contribution >= 0.6 is 11.3 Å². The van der Waals surface area contributed by atoms with E-state index < -0.39 is 5.91 Å². The number of nitriles is 1. The van der Waals surface area contributed by atoms with Crippen LogP contribution < -0.4 is 19.5 Å². The van der Waals surface area contributed by atoms with E-state index in [1.54, 1.807) is 18.2 Å². The molecule has 1 heterocycles. The molecule has 0 unspecified atom stereocenters. The molecule has 0 aliphatic rings. The standard InChI is InChI=1S/C24H24N4O4S/c1-4-22-27-28-24(33-22)26-23(29)18(15-25)13-17-7-10-20(21(14-17)30-3)32-12-11-31-19-8-5-16(2)6-9-19/h5-10,13-14H,4,11-12H2,1-3H3,(H,26,28,29). The monoisotopic (exact) mass is 464 g/mol. The van der Waals surface area contributed by atoms with Gasteiger partial charge in [0.1, 0.15) is 35.6 Å². The topological polar surface area (TPSA) is 106 Å². The first-order valence-corrected chi connectivity index (χ1v) is 11.1. The molecule has 3 aromatic rings. The molecule has 0 radical (unpaired) electrons. The molecule has 0 spiro atoms. The average Bonchev–Trinajstić information content (AvgIpc) is 3.29. The average molecular weight is 465 g/mol. The molecule has 8 nitrogen and oxygen atoms in total. The van der Waals surface area contributed by atoms with Crippen molar-refractivity contribution in [3.8, 4) is 23.3 Å². The van der Waals surface area contributed by atoms with E-state index in [1.807, 2.05) is 44.2 Å². The number of methoxy groups -OCH3 is 1. The Balaban J connectivity index is 1.61. The van der Waals surface area contributed by atoms with Crippen molar-refractivity contribution in [1.82, 2.24) is 10.2 Å². The van der Waals surface area contributed by atoms with Crippen molar-refractivity contribution in [3.63, 3.8) is 0 Å². The first-order chi connectivity index (χ1) is 16.0. The second kappa shape index (κ2) is 11.6. The van der Waals surface area contributed by atoms with E-state index in [1.165, 1.54) is 30.1 Å². The number of hydrogen-bond acceptors (Lipinski definition) is 8. The molecule has 3 rings (SSSR count). The van der Waals surface area contributed by atoms with E-state index in [-0.39, 0.29) is 5.57 Å². The van der Waals surface area contributed by atoms with Crippen LogP contribution in [0.5, 0.6) is 17.2 Å². The molecule has 0 saturated heterocycles. The van der Waals surface area contributed by atoms with Crippen molar-refractivity contribution >= 4 is 28.5 Å². The maximum absolute atomic E-state index is 12.4. The van der Waals surface area contributed by atoms with Crippen LogP contribution in [0.4, 0.5) is 5.13 Å². The molecule has 33 heavy (non-hydrogen) atoms. The molecule has 1 aromatic heterocycles. The SMILES string of the molecule is CCc1nnc(NC(=O)C(C#N)=Cc2ccc(OCCOc3ccc(C)cc3)c(OC)c2)s1. The molecule has 9 heteroatoms. The van der Waals surface area contributed by atoms with Gasteiger partial charge in [-0.05, 0) is 49.2 Å². The first kappa shape index (κ1) is 23.8. The van der Waals surface area contributed by atoms with Crippen LogP contribution in [0, 0.1) is 18.3 Å². The number of ether oxygens (including phenoxy) is 3. The van der Waals surface area contributed by atoms with Gasteiger partial charge in [0.15, 0.2) is 11.5 Å². The predicted molar refractivity (Wildman–Crippen MR) is 127 cm³/mol. The van der Waals surface area contributed by atoms with Gasteiger partial charge < -0.3 is 14.2 Å². The molecule has 0 bridgehead atoms. The van der Waals surface area contributed by atoms with Gasteiger partial charge in [-0.2, -0.15) is 5.26 Å². The molecule has 170 valence electrons. The molecule has 0 aliphatic heterocycles. The summed E-state index contributed by atoms with van der Waals surface area (Å²) >= 11 is 1.27. The fraction of sp³-hybridized carbons (Fsp3) is 0.250. The smallest absolute Gasteiger partial charge is 0.268 e. The van der Waals surface area contributed by atoms with Crippen molar-refractivity contribution in [3.05, 3.63) is 64.2 Å². The summed E-state index contributed by atoms with van der Waals surface area (Å²) in [6.07, 6.45) is 2.20. The van der Waals surface area contributed by atoms with Crippen LogP contribution in [-0.4, -0.2) is 36.4 Å². The van der Waals surface area contributed by atoms with Gasteiger partial charge in [-0.25, -0.2) is 0 Å². The van der Waals surface area contributed by atoms with Crippen LogP contribution in [0.3, 0.4) is 0 Å². The number of carbonyl (C=O) groups excluding carboxylic acids is 1. The molecule has 1 N–H and O–H groups in total. The van der Waals surface area contributed by atoms with Gasteiger partial charge in [-0.3, -0.25) is 10.1 Å². The number of anilines is 1. The van der Waals surface area contributed by atoms with E-state index in [9.17, 15) is 10.1 Å². The van der Waals surface area contributed by atoms with Crippen LogP contribution in [0.15, 0.2) is 48.0 Å². The Labute approximate surface area is 196 Å². The Bertz CT molecular complexity index is 1170.